The van der Waals surface area contributed by atoms with Crippen LogP contribution in [0.5, 0.6) is 0 Å². The van der Waals surface area contributed by atoms with Crippen LogP contribution in [0.1, 0.15) is 32.3 Å². The summed E-state index contributed by atoms with van der Waals surface area (Å²) in [6.07, 6.45) is 1.66. The van der Waals surface area contributed by atoms with Crippen molar-refractivity contribution < 1.29 is 22.4 Å². The largest absolute Gasteiger partial charge is 0.354 e. The highest BCUT2D eigenvalue weighted by atomic mass is 35.5. The number of unbranched alkanes of at least 4 members (excludes halogenated alkanes) is 1. The van der Waals surface area contributed by atoms with Gasteiger partial charge in [0, 0.05) is 18.1 Å². The predicted octanol–water partition coefficient (Wildman–Crippen LogP) is 5.66. The summed E-state index contributed by atoms with van der Waals surface area (Å²) >= 11 is 12.0. The van der Waals surface area contributed by atoms with Crippen molar-refractivity contribution in [2.24, 2.45) is 0 Å². The lowest BCUT2D eigenvalue weighted by atomic mass is 10.1. The number of nitrogens with one attached hydrogen (secondary N) is 1. The monoisotopic (exact) mass is 593 g/mol. The minimum atomic E-state index is -4.27. The second kappa shape index (κ2) is 13.8. The van der Waals surface area contributed by atoms with E-state index in [0.717, 1.165) is 29.3 Å². The summed E-state index contributed by atoms with van der Waals surface area (Å²) in [6, 6.07) is 16.8. The van der Waals surface area contributed by atoms with Gasteiger partial charge < -0.3 is 10.2 Å². The van der Waals surface area contributed by atoms with Crippen LogP contribution < -0.4 is 9.62 Å². The molecule has 0 saturated heterocycles. The Hall–Kier alpha value is -3.14. The van der Waals surface area contributed by atoms with E-state index in [1.807, 2.05) is 6.92 Å². The lowest BCUT2D eigenvalue weighted by Crippen LogP contribution is -2.51. The maximum Gasteiger partial charge on any atom is 0.264 e. The van der Waals surface area contributed by atoms with Crippen LogP contribution in [0.15, 0.2) is 77.7 Å². The third-order valence-corrected chi connectivity index (χ3v) is 8.39. The van der Waals surface area contributed by atoms with Gasteiger partial charge in [0.15, 0.2) is 0 Å². The van der Waals surface area contributed by atoms with Gasteiger partial charge in [0.05, 0.1) is 15.6 Å². The maximum atomic E-state index is 13.9. The summed E-state index contributed by atoms with van der Waals surface area (Å²) in [4.78, 5) is 28.0. The highest BCUT2D eigenvalue weighted by Gasteiger charge is 2.32. The van der Waals surface area contributed by atoms with Crippen molar-refractivity contribution in [2.75, 3.05) is 17.4 Å². The predicted molar refractivity (Wildman–Crippen MR) is 152 cm³/mol. The molecule has 2 amide bonds. The van der Waals surface area contributed by atoms with Crippen molar-refractivity contribution in [1.29, 1.82) is 0 Å². The van der Waals surface area contributed by atoms with E-state index >= 15 is 0 Å². The van der Waals surface area contributed by atoms with Crippen LogP contribution in [0.4, 0.5) is 10.1 Å². The molecular weight excluding hydrogens is 564 g/mol. The summed E-state index contributed by atoms with van der Waals surface area (Å²) in [7, 11) is -4.27. The quantitative estimate of drug-likeness (QED) is 0.274. The zero-order valence-electron chi connectivity index (χ0n) is 21.6. The van der Waals surface area contributed by atoms with Gasteiger partial charge in [-0.05, 0) is 61.4 Å². The molecule has 3 rings (SSSR count). The number of carbonyl (C=O) groups is 2. The number of anilines is 1. The SMILES string of the molecule is CCCCNC(=O)[C@H](C)N(Cc1ccc(Cl)cc1)C(=O)CN(c1ccc(F)c(Cl)c1)S(=O)(=O)c1ccccc1. The molecule has 11 heteroatoms. The van der Waals surface area contributed by atoms with Crippen LogP contribution in [0.2, 0.25) is 10.0 Å². The fourth-order valence-electron chi connectivity index (χ4n) is 3.79. The zero-order chi connectivity index (χ0) is 28.6. The number of hydrogen-bond acceptors (Lipinski definition) is 4. The highest BCUT2D eigenvalue weighted by molar-refractivity contribution is 7.92. The van der Waals surface area contributed by atoms with Gasteiger partial charge in [-0.25, -0.2) is 12.8 Å². The molecule has 0 saturated carbocycles. The summed E-state index contributed by atoms with van der Waals surface area (Å²) in [5.74, 6) is -1.73. The van der Waals surface area contributed by atoms with Crippen LogP contribution in [-0.4, -0.2) is 44.3 Å². The molecule has 39 heavy (non-hydrogen) atoms. The second-order valence-corrected chi connectivity index (χ2v) is 11.6. The number of amides is 2. The van der Waals surface area contributed by atoms with Crippen molar-refractivity contribution in [3.05, 3.63) is 94.2 Å². The van der Waals surface area contributed by atoms with E-state index < -0.39 is 34.3 Å². The van der Waals surface area contributed by atoms with Crippen molar-refractivity contribution in [3.8, 4) is 0 Å². The van der Waals surface area contributed by atoms with E-state index in [-0.39, 0.29) is 28.1 Å². The molecule has 1 atom stereocenters. The standard InChI is InChI=1S/C28H30Cl2FN3O4S/c1-3-4-16-32-28(36)20(2)33(18-21-10-12-22(29)13-11-21)27(35)19-34(23-14-15-26(31)25(30)17-23)39(37,38)24-8-6-5-7-9-24/h5-15,17,20H,3-4,16,18-19H2,1-2H3,(H,32,36)/t20-/m0/s1. The van der Waals surface area contributed by atoms with Gasteiger partial charge in [0.2, 0.25) is 11.8 Å². The first-order chi connectivity index (χ1) is 18.5. The number of halogens is 3. The molecule has 0 bridgehead atoms. The molecule has 0 unspecified atom stereocenters. The van der Waals surface area contributed by atoms with Gasteiger partial charge in [-0.2, -0.15) is 0 Å². The molecule has 0 radical (unpaired) electrons. The van der Waals surface area contributed by atoms with Gasteiger partial charge in [-0.15, -0.1) is 0 Å². The van der Waals surface area contributed by atoms with Crippen LogP contribution in [0, 0.1) is 5.82 Å². The van der Waals surface area contributed by atoms with Crippen LogP contribution in [0.25, 0.3) is 0 Å². The van der Waals surface area contributed by atoms with E-state index in [0.29, 0.717) is 17.1 Å². The number of rotatable bonds is 12. The summed E-state index contributed by atoms with van der Waals surface area (Å²) in [5, 5.41) is 3.04. The number of nitrogens with zero attached hydrogens (tertiary/aromatic N) is 2. The van der Waals surface area contributed by atoms with Crippen molar-refractivity contribution in [2.45, 2.75) is 44.2 Å². The van der Waals surface area contributed by atoms with E-state index in [9.17, 15) is 22.4 Å². The lowest BCUT2D eigenvalue weighted by molar-refractivity contribution is -0.139. The van der Waals surface area contributed by atoms with Crippen LogP contribution in [-0.2, 0) is 26.2 Å². The minimum absolute atomic E-state index is 0.00472. The van der Waals surface area contributed by atoms with Gasteiger partial charge in [-0.1, -0.05) is 66.9 Å². The molecule has 0 fully saturated rings. The molecule has 208 valence electrons. The Morgan fingerprint density at radius 2 is 1.67 bits per heavy atom. The number of carbonyl (C=O) groups excluding carboxylic acids is 2. The Labute approximate surface area is 238 Å². The van der Waals surface area contributed by atoms with Gasteiger partial charge >= 0.3 is 0 Å². The Kier molecular flexibility index (Phi) is 10.7. The van der Waals surface area contributed by atoms with Crippen LogP contribution >= 0.6 is 23.2 Å². The maximum absolute atomic E-state index is 13.9. The molecule has 0 aromatic heterocycles. The Balaban J connectivity index is 2.00. The van der Waals surface area contributed by atoms with Gasteiger partial charge in [0.25, 0.3) is 10.0 Å². The van der Waals surface area contributed by atoms with Crippen molar-refractivity contribution >= 4 is 50.7 Å². The van der Waals surface area contributed by atoms with Gasteiger partial charge in [0.1, 0.15) is 18.4 Å². The van der Waals surface area contributed by atoms with E-state index in [1.54, 1.807) is 49.4 Å². The molecule has 1 N–H and O–H groups in total. The van der Waals surface area contributed by atoms with Crippen molar-refractivity contribution in [3.63, 3.8) is 0 Å². The smallest absolute Gasteiger partial charge is 0.264 e. The molecule has 0 heterocycles. The van der Waals surface area contributed by atoms with E-state index in [2.05, 4.69) is 5.32 Å². The Morgan fingerprint density at radius 3 is 2.28 bits per heavy atom. The third-order valence-electron chi connectivity index (χ3n) is 6.06. The molecular formula is C28H30Cl2FN3O4S. The van der Waals surface area contributed by atoms with Crippen molar-refractivity contribution in [1.82, 2.24) is 10.2 Å². The van der Waals surface area contributed by atoms with E-state index in [4.69, 9.17) is 23.2 Å². The fraction of sp³-hybridized carbons (Fsp3) is 0.286. The first kappa shape index (κ1) is 30.4. The number of hydrogen-bond donors (Lipinski definition) is 1. The Bertz CT molecular complexity index is 1390. The third kappa shape index (κ3) is 7.94. The van der Waals surface area contributed by atoms with Gasteiger partial charge in [-0.3, -0.25) is 13.9 Å². The molecule has 0 aliphatic heterocycles. The molecule has 3 aromatic carbocycles. The summed E-state index contributed by atoms with van der Waals surface area (Å²) in [6.45, 7) is 3.40. The summed E-state index contributed by atoms with van der Waals surface area (Å²) in [5.41, 5.74) is 0.702. The molecule has 0 aliphatic rings. The number of sulfonamides is 1. The number of benzene rings is 3. The first-order valence-corrected chi connectivity index (χ1v) is 14.6. The minimum Gasteiger partial charge on any atom is -0.354 e. The lowest BCUT2D eigenvalue weighted by Gasteiger charge is -2.32. The average molecular weight is 595 g/mol. The molecule has 0 aliphatic carbocycles. The second-order valence-electron chi connectivity index (χ2n) is 8.89. The highest BCUT2D eigenvalue weighted by Crippen LogP contribution is 2.28. The zero-order valence-corrected chi connectivity index (χ0v) is 23.9. The molecule has 3 aromatic rings. The Morgan fingerprint density at radius 1 is 1.00 bits per heavy atom. The first-order valence-electron chi connectivity index (χ1n) is 12.4. The molecule has 0 spiro atoms. The normalized spacial score (nSPS) is 12.0. The van der Waals surface area contributed by atoms with Crippen LogP contribution in [0.3, 0.4) is 0 Å². The average Bonchev–Trinajstić information content (AvgIpc) is 2.93. The summed E-state index contributed by atoms with van der Waals surface area (Å²) < 4.78 is 42.2. The fourth-order valence-corrected chi connectivity index (χ4v) is 5.52. The van der Waals surface area contributed by atoms with E-state index in [1.165, 1.54) is 23.1 Å². The topological polar surface area (TPSA) is 86.8 Å². The molecule has 7 nitrogen and oxygen atoms in total.